The van der Waals surface area contributed by atoms with Crippen molar-refractivity contribution >= 4 is 46.1 Å². The molecule has 1 aliphatic rings. The highest BCUT2D eigenvalue weighted by Gasteiger charge is 2.47. The van der Waals surface area contributed by atoms with Crippen molar-refractivity contribution < 1.29 is 14.4 Å². The first-order valence-corrected chi connectivity index (χ1v) is 9.63. The van der Waals surface area contributed by atoms with Gasteiger partial charge >= 0.3 is 6.03 Å². The third kappa shape index (κ3) is 5.17. The summed E-state index contributed by atoms with van der Waals surface area (Å²) in [5, 5.41) is 5.45. The maximum atomic E-state index is 12.6. The molecule has 0 aromatic heterocycles. The van der Waals surface area contributed by atoms with Gasteiger partial charge in [-0.25, -0.2) is 4.79 Å². The number of rotatable bonds is 8. The fraction of sp³-hybridized carbons (Fsp3) is 0.500. The molecule has 136 valence electrons. The lowest BCUT2D eigenvalue weighted by Gasteiger charge is -2.21. The van der Waals surface area contributed by atoms with Gasteiger partial charge < -0.3 is 10.6 Å². The predicted molar refractivity (Wildman–Crippen MR) is 105 cm³/mol. The second kappa shape index (κ2) is 8.64. The van der Waals surface area contributed by atoms with Crippen LogP contribution < -0.4 is 10.6 Å². The number of hydrogen-bond acceptors (Lipinski definition) is 3. The molecule has 0 bridgehead atoms. The van der Waals surface area contributed by atoms with Gasteiger partial charge in [-0.05, 0) is 60.2 Å². The van der Waals surface area contributed by atoms with Crippen molar-refractivity contribution in [2.75, 3.05) is 11.9 Å². The van der Waals surface area contributed by atoms with Gasteiger partial charge in [0.1, 0.15) is 12.1 Å². The average molecular weight is 457 g/mol. The van der Waals surface area contributed by atoms with Crippen molar-refractivity contribution in [2.24, 2.45) is 0 Å². The third-order valence-corrected chi connectivity index (χ3v) is 5.02. The largest absolute Gasteiger partial charge is 0.325 e. The highest BCUT2D eigenvalue weighted by Crippen LogP contribution is 2.24. The zero-order chi connectivity index (χ0) is 18.4. The van der Waals surface area contributed by atoms with Gasteiger partial charge in [0.05, 0.1) is 0 Å². The van der Waals surface area contributed by atoms with Crippen molar-refractivity contribution in [1.82, 2.24) is 10.2 Å². The molecule has 1 aliphatic heterocycles. The van der Waals surface area contributed by atoms with E-state index in [1.807, 2.05) is 12.1 Å². The first-order chi connectivity index (χ1) is 11.9. The Labute approximate surface area is 161 Å². The van der Waals surface area contributed by atoms with E-state index >= 15 is 0 Å². The smallest absolute Gasteiger partial charge is 0.325 e. The SMILES string of the molecule is CCCCCCC1(C)NC(=O)N(CC(=O)Nc2ccc(I)cc2)C1=O. The second-order valence-electron chi connectivity index (χ2n) is 6.52. The summed E-state index contributed by atoms with van der Waals surface area (Å²) in [6, 6.07) is 6.81. The van der Waals surface area contributed by atoms with Crippen LogP contribution in [-0.4, -0.2) is 34.8 Å². The van der Waals surface area contributed by atoms with E-state index in [9.17, 15) is 14.4 Å². The summed E-state index contributed by atoms with van der Waals surface area (Å²) in [7, 11) is 0. The van der Waals surface area contributed by atoms with Crippen LogP contribution in [-0.2, 0) is 9.59 Å². The Morgan fingerprint density at radius 1 is 1.20 bits per heavy atom. The summed E-state index contributed by atoms with van der Waals surface area (Å²) in [6.07, 6.45) is 4.72. The van der Waals surface area contributed by atoms with Crippen LogP contribution in [0.15, 0.2) is 24.3 Å². The second-order valence-corrected chi connectivity index (χ2v) is 7.76. The van der Waals surface area contributed by atoms with E-state index in [-0.39, 0.29) is 18.4 Å². The van der Waals surface area contributed by atoms with Gasteiger partial charge in [-0.1, -0.05) is 32.6 Å². The van der Waals surface area contributed by atoms with Gasteiger partial charge in [0.2, 0.25) is 5.91 Å². The Morgan fingerprint density at radius 3 is 2.52 bits per heavy atom. The first-order valence-electron chi connectivity index (χ1n) is 8.55. The fourth-order valence-electron chi connectivity index (χ4n) is 2.84. The lowest BCUT2D eigenvalue weighted by atomic mass is 9.94. The Balaban J connectivity index is 1.92. The van der Waals surface area contributed by atoms with Crippen LogP contribution in [0.3, 0.4) is 0 Å². The average Bonchev–Trinajstić information content (AvgIpc) is 2.77. The number of carbonyl (C=O) groups is 3. The number of benzene rings is 1. The molecule has 2 rings (SSSR count). The molecular weight excluding hydrogens is 433 g/mol. The Kier molecular flexibility index (Phi) is 6.80. The van der Waals surface area contributed by atoms with Crippen molar-refractivity contribution in [2.45, 2.75) is 51.5 Å². The molecular formula is C18H24IN3O3. The van der Waals surface area contributed by atoms with Gasteiger partial charge in [-0.15, -0.1) is 0 Å². The molecule has 0 aliphatic carbocycles. The highest BCUT2D eigenvalue weighted by atomic mass is 127. The summed E-state index contributed by atoms with van der Waals surface area (Å²) in [4.78, 5) is 37.9. The van der Waals surface area contributed by atoms with E-state index in [1.54, 1.807) is 19.1 Å². The van der Waals surface area contributed by atoms with Crippen LogP contribution in [0.4, 0.5) is 10.5 Å². The number of unbranched alkanes of at least 4 members (excludes halogenated alkanes) is 3. The van der Waals surface area contributed by atoms with Crippen LogP contribution in [0.5, 0.6) is 0 Å². The highest BCUT2D eigenvalue weighted by molar-refractivity contribution is 14.1. The zero-order valence-electron chi connectivity index (χ0n) is 14.6. The number of carbonyl (C=O) groups excluding carboxylic acids is 3. The third-order valence-electron chi connectivity index (χ3n) is 4.31. The van der Waals surface area contributed by atoms with Crippen LogP contribution in [0.1, 0.15) is 46.0 Å². The Morgan fingerprint density at radius 2 is 1.88 bits per heavy atom. The zero-order valence-corrected chi connectivity index (χ0v) is 16.8. The molecule has 1 aromatic rings. The van der Waals surface area contributed by atoms with Crippen molar-refractivity contribution in [1.29, 1.82) is 0 Å². The van der Waals surface area contributed by atoms with Crippen LogP contribution >= 0.6 is 22.6 Å². The molecule has 1 aromatic carbocycles. The fourth-order valence-corrected chi connectivity index (χ4v) is 3.20. The van der Waals surface area contributed by atoms with Gasteiger partial charge in [0.15, 0.2) is 0 Å². The molecule has 0 spiro atoms. The minimum absolute atomic E-state index is 0.277. The minimum atomic E-state index is -0.909. The number of nitrogens with zero attached hydrogens (tertiary/aromatic N) is 1. The maximum Gasteiger partial charge on any atom is 0.325 e. The molecule has 7 heteroatoms. The molecule has 6 nitrogen and oxygen atoms in total. The molecule has 25 heavy (non-hydrogen) atoms. The molecule has 0 saturated carbocycles. The molecule has 1 fully saturated rings. The monoisotopic (exact) mass is 457 g/mol. The quantitative estimate of drug-likeness (QED) is 0.356. The molecule has 1 unspecified atom stereocenters. The van der Waals surface area contributed by atoms with E-state index in [0.717, 1.165) is 34.2 Å². The van der Waals surface area contributed by atoms with E-state index in [4.69, 9.17) is 0 Å². The van der Waals surface area contributed by atoms with E-state index < -0.39 is 11.6 Å². The normalized spacial score (nSPS) is 19.9. The first kappa shape index (κ1) is 19.7. The summed E-state index contributed by atoms with van der Waals surface area (Å²) < 4.78 is 1.06. The lowest BCUT2D eigenvalue weighted by molar-refractivity contribution is -0.133. The van der Waals surface area contributed by atoms with Gasteiger partial charge in [-0.3, -0.25) is 14.5 Å². The molecule has 1 heterocycles. The van der Waals surface area contributed by atoms with Crippen molar-refractivity contribution in [3.05, 3.63) is 27.8 Å². The maximum absolute atomic E-state index is 12.6. The molecule has 2 N–H and O–H groups in total. The van der Waals surface area contributed by atoms with E-state index in [1.165, 1.54) is 0 Å². The summed E-state index contributed by atoms with van der Waals surface area (Å²) in [6.45, 7) is 3.58. The Hall–Kier alpha value is -1.64. The molecule has 0 radical (unpaired) electrons. The predicted octanol–water partition coefficient (Wildman–Crippen LogP) is 3.51. The number of halogens is 1. The number of nitrogens with one attached hydrogen (secondary N) is 2. The lowest BCUT2D eigenvalue weighted by Crippen LogP contribution is -2.44. The molecule has 1 atom stereocenters. The van der Waals surface area contributed by atoms with Gasteiger partial charge in [0.25, 0.3) is 5.91 Å². The number of urea groups is 1. The number of imide groups is 1. The summed E-state index contributed by atoms with van der Waals surface area (Å²) in [5.74, 6) is -0.716. The van der Waals surface area contributed by atoms with Crippen LogP contribution in [0, 0.1) is 3.57 Å². The number of hydrogen-bond donors (Lipinski definition) is 2. The van der Waals surface area contributed by atoms with Crippen LogP contribution in [0.2, 0.25) is 0 Å². The summed E-state index contributed by atoms with van der Waals surface area (Å²) in [5.41, 5.74) is -0.270. The van der Waals surface area contributed by atoms with Crippen LogP contribution in [0.25, 0.3) is 0 Å². The van der Waals surface area contributed by atoms with Gasteiger partial charge in [0, 0.05) is 9.26 Å². The molecule has 4 amide bonds. The molecule has 1 saturated heterocycles. The van der Waals surface area contributed by atoms with E-state index in [0.29, 0.717) is 12.1 Å². The standard InChI is InChI=1S/C18H24IN3O3/c1-3-4-5-6-11-18(2)16(24)22(17(25)21-18)12-15(23)20-14-9-7-13(19)8-10-14/h7-10H,3-6,11-12H2,1-2H3,(H,20,23)(H,21,25). The van der Waals surface area contributed by atoms with E-state index in [2.05, 4.69) is 40.1 Å². The van der Waals surface area contributed by atoms with Gasteiger partial charge in [-0.2, -0.15) is 0 Å². The minimum Gasteiger partial charge on any atom is -0.325 e. The topological polar surface area (TPSA) is 78.5 Å². The summed E-state index contributed by atoms with van der Waals surface area (Å²) >= 11 is 2.18. The number of amides is 4. The number of anilines is 1. The Bertz CT molecular complexity index is 647. The van der Waals surface area contributed by atoms with Crippen molar-refractivity contribution in [3.8, 4) is 0 Å². The van der Waals surface area contributed by atoms with Crippen molar-refractivity contribution in [3.63, 3.8) is 0 Å².